The van der Waals surface area contributed by atoms with Crippen molar-refractivity contribution >= 4 is 29.5 Å². The number of piperidine rings is 1. The number of rotatable bonds is 9. The number of urea groups is 1. The number of nitrogens with one attached hydrogen (secondary N) is 3. The molecule has 3 fully saturated rings. The Labute approximate surface area is 251 Å². The molecule has 5 N–H and O–H groups in total. The first-order valence-electron chi connectivity index (χ1n) is 21.2. The lowest BCUT2D eigenvalue weighted by Gasteiger charge is -2.36. The zero-order chi connectivity index (χ0) is 44.0. The number of Topliss-reactive ketones (excluding diaryl/α,β-unsaturated/α-hetero) is 1. The number of hydrogen-bond acceptors (Lipinski definition) is 5. The van der Waals surface area contributed by atoms with E-state index in [2.05, 4.69) is 10.6 Å². The van der Waals surface area contributed by atoms with Crippen LogP contribution in [0.15, 0.2) is 0 Å². The number of amides is 5. The van der Waals surface area contributed by atoms with Crippen molar-refractivity contribution in [3.8, 4) is 0 Å². The molecule has 1 aliphatic heterocycles. The molecule has 0 aromatic rings. The molecule has 0 aromatic heterocycles. The number of nitrogens with zero attached hydrogens (tertiary/aromatic N) is 1. The molecule has 10 heteroatoms. The molecule has 2 saturated carbocycles. The number of carbonyl (C=O) groups is 5. The van der Waals surface area contributed by atoms with Gasteiger partial charge in [0.1, 0.15) is 12.1 Å². The van der Waals surface area contributed by atoms with E-state index in [0.717, 1.165) is 0 Å². The number of ketones is 1. The lowest BCUT2D eigenvalue weighted by Crippen LogP contribution is -2.60. The summed E-state index contributed by atoms with van der Waals surface area (Å²) < 4.78 is 148. The van der Waals surface area contributed by atoms with Crippen LogP contribution in [0.25, 0.3) is 0 Å². The Bertz CT molecular complexity index is 1540. The summed E-state index contributed by atoms with van der Waals surface area (Å²) >= 11 is 0. The molecule has 0 aromatic carbocycles. The predicted octanol–water partition coefficient (Wildman–Crippen LogP) is 2.10. The molecular weight excluding hydrogens is 486 g/mol. The van der Waals surface area contributed by atoms with Crippen molar-refractivity contribution in [3.05, 3.63) is 0 Å². The molecule has 1 heterocycles. The van der Waals surface area contributed by atoms with E-state index in [1.165, 1.54) is 20.8 Å². The van der Waals surface area contributed by atoms with Crippen molar-refractivity contribution < 1.29 is 48.6 Å². The first-order valence-corrected chi connectivity index (χ1v) is 12.2. The van der Waals surface area contributed by atoms with Crippen LogP contribution in [0.4, 0.5) is 4.79 Å². The second-order valence-electron chi connectivity index (χ2n) is 11.3. The second kappa shape index (κ2) is 10.5. The molecule has 3 aliphatic rings. The summed E-state index contributed by atoms with van der Waals surface area (Å²) in [6.07, 6.45) is -4.09. The Morgan fingerprint density at radius 2 is 1.79 bits per heavy atom. The molecule has 0 bridgehead atoms. The Balaban J connectivity index is 2.31. The topological polar surface area (TPSA) is 151 Å². The minimum atomic E-state index is -3.90. The van der Waals surface area contributed by atoms with Crippen molar-refractivity contribution in [1.29, 1.82) is 0 Å². The average molecular weight is 552 g/mol. The van der Waals surface area contributed by atoms with E-state index in [0.29, 0.717) is 11.3 Å². The van der Waals surface area contributed by atoms with Crippen LogP contribution in [0.5, 0.6) is 0 Å². The third kappa shape index (κ3) is 6.86. The van der Waals surface area contributed by atoms with Gasteiger partial charge in [0.2, 0.25) is 17.6 Å². The normalized spacial score (nSPS) is 35.8. The zero-order valence-electron chi connectivity index (χ0n) is 39.5. The fourth-order valence-electron chi connectivity index (χ4n) is 4.74. The standard InChI is InChI=1S/C28H47N5O5/c1-26(2,3)13-18(31-25(38)32-27(4,5)6)24(37)33-14-16-19(28(16,7)8)20(33)23(36)30-17(21(34)22(29)35)12-15-10-9-11-15/h15-20H,9-14H2,1-8H3,(H2,29,35)(H,30,36)(H2,31,32,38)/t16-,17?,18-,19-,20-/m0/s1/i1D3,2D3,3D3,7D3,8D3,12D2,17D. The summed E-state index contributed by atoms with van der Waals surface area (Å²) in [6.45, 7) is -15.1. The van der Waals surface area contributed by atoms with Crippen LogP contribution in [0.2, 0.25) is 0 Å². The fraction of sp³-hybridized carbons (Fsp3) is 0.821. The van der Waals surface area contributed by atoms with E-state index >= 15 is 0 Å². The Morgan fingerprint density at radius 3 is 2.29 bits per heavy atom. The van der Waals surface area contributed by atoms with Gasteiger partial charge in [0.05, 0.1) is 7.39 Å². The van der Waals surface area contributed by atoms with Gasteiger partial charge in [-0.2, -0.15) is 0 Å². The van der Waals surface area contributed by atoms with E-state index in [1.807, 2.05) is 0 Å². The molecule has 0 spiro atoms. The minimum absolute atomic E-state index is 0.0949. The third-order valence-corrected chi connectivity index (χ3v) is 6.81. The first-order chi connectivity index (χ1) is 24.7. The Hall–Kier alpha value is -2.65. The van der Waals surface area contributed by atoms with Gasteiger partial charge in [0.15, 0.2) is 0 Å². The van der Waals surface area contributed by atoms with Crippen LogP contribution >= 0.6 is 0 Å². The number of carbonyl (C=O) groups excluding carboxylic acids is 5. The van der Waals surface area contributed by atoms with Gasteiger partial charge in [0, 0.05) is 35.4 Å². The molecule has 10 nitrogen and oxygen atoms in total. The second-order valence-corrected chi connectivity index (χ2v) is 11.3. The van der Waals surface area contributed by atoms with Crippen LogP contribution in [0.3, 0.4) is 0 Å². The average Bonchev–Trinajstić information content (AvgIpc) is 3.44. The molecule has 0 radical (unpaired) electrons. The highest BCUT2D eigenvalue weighted by molar-refractivity contribution is 6.37. The maximum Gasteiger partial charge on any atom is 0.315 e. The summed E-state index contributed by atoms with van der Waals surface area (Å²) in [5, 5.41) is 6.24. The van der Waals surface area contributed by atoms with Gasteiger partial charge in [-0.05, 0) is 62.1 Å². The van der Waals surface area contributed by atoms with Gasteiger partial charge in [-0.3, -0.25) is 19.2 Å². The lowest BCUT2D eigenvalue weighted by molar-refractivity contribution is -0.144. The molecule has 3 rings (SSSR count). The largest absolute Gasteiger partial charge is 0.363 e. The number of fused-ring (bicyclic) bond motifs is 1. The third-order valence-electron chi connectivity index (χ3n) is 6.81. The van der Waals surface area contributed by atoms with E-state index in [4.69, 9.17) is 30.4 Å². The molecule has 1 saturated heterocycles. The van der Waals surface area contributed by atoms with Gasteiger partial charge in [-0.1, -0.05) is 53.5 Å². The maximum atomic E-state index is 14.7. The highest BCUT2D eigenvalue weighted by atomic mass is 16.2. The van der Waals surface area contributed by atoms with Gasteiger partial charge in [-0.15, -0.1) is 0 Å². The predicted molar refractivity (Wildman–Crippen MR) is 144 cm³/mol. The van der Waals surface area contributed by atoms with Crippen LogP contribution in [-0.4, -0.2) is 64.6 Å². The molecule has 1 unspecified atom stereocenters. The number of primary amides is 1. The van der Waals surface area contributed by atoms with Gasteiger partial charge >= 0.3 is 6.03 Å². The van der Waals surface area contributed by atoms with Crippen LogP contribution in [-0.2, 0) is 19.2 Å². The molecule has 214 valence electrons. The molecule has 5 amide bonds. The number of likely N-dealkylation sites (tertiary alicyclic amines) is 1. The highest BCUT2D eigenvalue weighted by Crippen LogP contribution is 2.65. The summed E-state index contributed by atoms with van der Waals surface area (Å²) in [5.74, 6) is -11.7. The monoisotopic (exact) mass is 551 g/mol. The smallest absolute Gasteiger partial charge is 0.315 e. The van der Waals surface area contributed by atoms with Gasteiger partial charge in [-0.25, -0.2) is 4.79 Å². The van der Waals surface area contributed by atoms with E-state index in [-0.39, 0.29) is 12.8 Å². The summed E-state index contributed by atoms with van der Waals surface area (Å²) in [4.78, 5) is 68.0. The van der Waals surface area contributed by atoms with Crippen molar-refractivity contribution in [1.82, 2.24) is 20.9 Å². The summed E-state index contributed by atoms with van der Waals surface area (Å²) in [5.41, 5.74) is -2.44. The molecular formula is C28H47N5O5. The Kier molecular flexibility index (Phi) is 3.76. The van der Waals surface area contributed by atoms with E-state index in [9.17, 15) is 24.0 Å². The van der Waals surface area contributed by atoms with Crippen LogP contribution in [0.1, 0.15) is 112 Å². The van der Waals surface area contributed by atoms with Crippen LogP contribution in [0, 0.1) is 28.6 Å². The summed E-state index contributed by atoms with van der Waals surface area (Å²) in [7, 11) is 0. The number of hydrogen-bond donors (Lipinski definition) is 4. The van der Waals surface area contributed by atoms with Gasteiger partial charge < -0.3 is 26.6 Å². The SMILES string of the molecule is [2H]C([2H])([2H])C1(C([2H])([2H])[2H])[C@@H]2[C@@H](C(=O)NC([2H])(C(=O)C(N)=O)C([2H])([2H])C3CCC3)N(C(=O)[C@H](CC(C([2H])([2H])[2H])(C([2H])([2H])[2H])C([2H])([2H])[2H])NC(=O)NC(C)(C)C)C[C@@H]21. The summed E-state index contributed by atoms with van der Waals surface area (Å²) in [6, 6.07) is -9.64. The van der Waals surface area contributed by atoms with Crippen LogP contribution < -0.4 is 21.7 Å². The molecule has 38 heavy (non-hydrogen) atoms. The quantitative estimate of drug-likeness (QED) is 0.324. The Morgan fingerprint density at radius 1 is 1.13 bits per heavy atom. The highest BCUT2D eigenvalue weighted by Gasteiger charge is 2.69. The van der Waals surface area contributed by atoms with E-state index in [1.54, 1.807) is 5.32 Å². The lowest BCUT2D eigenvalue weighted by atomic mass is 9.80. The van der Waals surface area contributed by atoms with Gasteiger partial charge in [0.25, 0.3) is 5.91 Å². The molecule has 2 aliphatic carbocycles. The minimum Gasteiger partial charge on any atom is -0.363 e. The first kappa shape index (κ1) is 13.6. The number of nitrogens with two attached hydrogens (primary N) is 1. The van der Waals surface area contributed by atoms with Crippen molar-refractivity contribution in [2.45, 2.75) is 111 Å². The molecule has 5 atom stereocenters. The van der Waals surface area contributed by atoms with Crippen molar-refractivity contribution in [2.75, 3.05) is 6.54 Å². The fourth-order valence-corrected chi connectivity index (χ4v) is 4.74. The van der Waals surface area contributed by atoms with Crippen molar-refractivity contribution in [3.63, 3.8) is 0 Å². The maximum absolute atomic E-state index is 14.7. The van der Waals surface area contributed by atoms with E-state index < -0.39 is 135 Å². The van der Waals surface area contributed by atoms with Crippen molar-refractivity contribution in [2.24, 2.45) is 34.3 Å². The zero-order valence-corrected chi connectivity index (χ0v) is 21.5.